The number of carbonyl (C=O) groups excluding carboxylic acids is 2. The van der Waals surface area contributed by atoms with Gasteiger partial charge < -0.3 is 9.30 Å². The van der Waals surface area contributed by atoms with E-state index in [1.54, 1.807) is 18.2 Å². The number of nitrogens with zero attached hydrogens (tertiary/aromatic N) is 2. The Kier molecular flexibility index (Phi) is 7.23. The number of fused-ring (bicyclic) bond motifs is 1. The van der Waals surface area contributed by atoms with Gasteiger partial charge >= 0.3 is 0 Å². The third kappa shape index (κ3) is 5.24. The summed E-state index contributed by atoms with van der Waals surface area (Å²) < 4.78 is 9.06. The fourth-order valence-corrected chi connectivity index (χ4v) is 5.44. The minimum absolute atomic E-state index is 0.211. The minimum atomic E-state index is -0.293. The van der Waals surface area contributed by atoms with E-state index >= 15 is 0 Å². The minimum Gasteiger partial charge on any atom is -0.491 e. The Balaban J connectivity index is 1.39. The molecule has 1 fully saturated rings. The van der Waals surface area contributed by atoms with Crippen LogP contribution < -0.4 is 4.74 Å². The van der Waals surface area contributed by atoms with Crippen LogP contribution in [0, 0.1) is 6.92 Å². The van der Waals surface area contributed by atoms with Gasteiger partial charge in [0.2, 0.25) is 0 Å². The van der Waals surface area contributed by atoms with Crippen LogP contribution in [0.2, 0.25) is 5.02 Å². The summed E-state index contributed by atoms with van der Waals surface area (Å²) >= 11 is 10.5. The van der Waals surface area contributed by atoms with Gasteiger partial charge in [-0.3, -0.25) is 14.5 Å². The van der Waals surface area contributed by atoms with E-state index in [2.05, 4.69) is 20.5 Å². The predicted octanol–water partition coefficient (Wildman–Crippen LogP) is 7.68. The van der Waals surface area contributed by atoms with Crippen molar-refractivity contribution in [1.29, 1.82) is 0 Å². The molecule has 3 aromatic carbocycles. The van der Waals surface area contributed by atoms with Crippen LogP contribution in [-0.2, 0) is 17.9 Å². The number of para-hydroxylation sites is 1. The van der Waals surface area contributed by atoms with Crippen LogP contribution in [-0.4, -0.2) is 27.2 Å². The molecule has 5 rings (SSSR count). The van der Waals surface area contributed by atoms with E-state index in [0.717, 1.165) is 49.6 Å². The Bertz CT molecular complexity index is 1500. The predicted molar refractivity (Wildman–Crippen MR) is 149 cm³/mol. The number of amides is 2. The molecule has 0 aliphatic carbocycles. The summed E-state index contributed by atoms with van der Waals surface area (Å²) in [6.45, 7) is 3.37. The summed E-state index contributed by atoms with van der Waals surface area (Å²) in [5.74, 6) is 0.574. The van der Waals surface area contributed by atoms with Crippen LogP contribution in [0.15, 0.2) is 82.3 Å². The van der Waals surface area contributed by atoms with E-state index in [1.807, 2.05) is 67.7 Å². The summed E-state index contributed by atoms with van der Waals surface area (Å²) in [4.78, 5) is 27.4. The van der Waals surface area contributed by atoms with Crippen molar-refractivity contribution >= 4 is 67.4 Å². The lowest BCUT2D eigenvalue weighted by Gasteiger charge is -2.12. The van der Waals surface area contributed by atoms with Crippen molar-refractivity contribution < 1.29 is 14.3 Å². The number of aromatic nitrogens is 1. The average Bonchev–Trinajstić information content (AvgIpc) is 3.33. The topological polar surface area (TPSA) is 51.5 Å². The molecule has 0 unspecified atom stereocenters. The van der Waals surface area contributed by atoms with Gasteiger partial charge in [-0.1, -0.05) is 57.9 Å². The highest BCUT2D eigenvalue weighted by Crippen LogP contribution is 2.35. The van der Waals surface area contributed by atoms with Crippen molar-refractivity contribution in [2.24, 2.45) is 0 Å². The molecule has 0 spiro atoms. The number of carbonyl (C=O) groups is 2. The monoisotopic (exact) mass is 580 g/mol. The van der Waals surface area contributed by atoms with E-state index in [-0.39, 0.29) is 17.7 Å². The molecule has 0 saturated carbocycles. The molecule has 0 atom stereocenters. The van der Waals surface area contributed by atoms with Crippen LogP contribution in [0.25, 0.3) is 17.0 Å². The second kappa shape index (κ2) is 10.5. The number of benzene rings is 3. The highest BCUT2D eigenvalue weighted by atomic mass is 79.9. The van der Waals surface area contributed by atoms with Crippen LogP contribution in [0.4, 0.5) is 4.79 Å². The fraction of sp³-hybridized carbons (Fsp3) is 0.143. The molecule has 182 valence electrons. The molecular weight excluding hydrogens is 560 g/mol. The Morgan fingerprint density at radius 3 is 2.61 bits per heavy atom. The van der Waals surface area contributed by atoms with E-state index < -0.39 is 0 Å². The van der Waals surface area contributed by atoms with Crippen molar-refractivity contribution in [3.05, 3.63) is 104 Å². The lowest BCUT2D eigenvalue weighted by atomic mass is 10.1. The van der Waals surface area contributed by atoms with Gasteiger partial charge in [-0.25, -0.2) is 0 Å². The Morgan fingerprint density at radius 2 is 1.83 bits per heavy atom. The third-order valence-corrected chi connectivity index (χ3v) is 7.62. The van der Waals surface area contributed by atoms with Crippen LogP contribution in [0.1, 0.15) is 16.7 Å². The molecule has 1 aliphatic heterocycles. The lowest BCUT2D eigenvalue weighted by Crippen LogP contribution is -2.27. The summed E-state index contributed by atoms with van der Waals surface area (Å²) in [6.07, 6.45) is 3.81. The van der Waals surface area contributed by atoms with Crippen LogP contribution in [0.5, 0.6) is 5.75 Å². The molecule has 8 heteroatoms. The van der Waals surface area contributed by atoms with E-state index in [1.165, 1.54) is 4.90 Å². The second-order valence-electron chi connectivity index (χ2n) is 8.45. The number of hydrogen-bond acceptors (Lipinski definition) is 4. The van der Waals surface area contributed by atoms with Gasteiger partial charge in [-0.2, -0.15) is 0 Å². The maximum Gasteiger partial charge on any atom is 0.293 e. The van der Waals surface area contributed by atoms with E-state index in [0.29, 0.717) is 23.1 Å². The number of rotatable bonds is 7. The molecule has 36 heavy (non-hydrogen) atoms. The number of aryl methyl sites for hydroxylation is 1. The van der Waals surface area contributed by atoms with Crippen molar-refractivity contribution in [2.75, 3.05) is 6.61 Å². The number of imide groups is 1. The first-order valence-corrected chi connectivity index (χ1v) is 13.3. The normalized spacial score (nSPS) is 14.9. The number of thioether (sulfide) groups is 1. The first-order valence-electron chi connectivity index (χ1n) is 11.4. The zero-order chi connectivity index (χ0) is 25.2. The largest absolute Gasteiger partial charge is 0.491 e. The quantitative estimate of drug-likeness (QED) is 0.210. The Labute approximate surface area is 226 Å². The first kappa shape index (κ1) is 24.7. The van der Waals surface area contributed by atoms with Crippen molar-refractivity contribution in [3.63, 3.8) is 0 Å². The summed E-state index contributed by atoms with van der Waals surface area (Å²) in [5.41, 5.74) is 3.84. The molecule has 4 aromatic rings. The summed E-state index contributed by atoms with van der Waals surface area (Å²) in [7, 11) is 0. The van der Waals surface area contributed by atoms with E-state index in [9.17, 15) is 9.59 Å². The Hall–Kier alpha value is -3.00. The number of halogens is 2. The lowest BCUT2D eigenvalue weighted by molar-refractivity contribution is -0.123. The SMILES string of the molecule is Cc1ccccc1OCCn1cc(/C=C2\SC(=O)N(Cc3ccc(Cl)cc3)C2=O)c2cc(Br)ccc21. The molecular formula is C28H22BrClN2O3S. The fourth-order valence-electron chi connectivity index (χ4n) is 4.12. The van der Waals surface area contributed by atoms with Gasteiger partial charge in [0.15, 0.2) is 0 Å². The molecule has 1 aliphatic rings. The van der Waals surface area contributed by atoms with Gasteiger partial charge in [0, 0.05) is 32.2 Å². The van der Waals surface area contributed by atoms with Crippen molar-refractivity contribution in [1.82, 2.24) is 9.47 Å². The molecule has 0 N–H and O–H groups in total. The van der Waals surface area contributed by atoms with Crippen LogP contribution >= 0.6 is 39.3 Å². The standard InChI is InChI=1S/C28H22BrClN2O3S/c1-18-4-2-3-5-25(18)35-13-12-31-17-20(23-15-21(29)8-11-24(23)31)14-26-27(33)32(28(34)36-26)16-19-6-9-22(30)10-7-19/h2-11,14-15,17H,12-13,16H2,1H3/b26-14-. The van der Waals surface area contributed by atoms with Crippen molar-refractivity contribution in [3.8, 4) is 5.75 Å². The first-order chi connectivity index (χ1) is 17.4. The van der Waals surface area contributed by atoms with Gasteiger partial charge in [0.05, 0.1) is 18.0 Å². The number of ether oxygens (including phenoxy) is 1. The molecule has 1 saturated heterocycles. The Morgan fingerprint density at radius 1 is 1.06 bits per heavy atom. The molecule has 0 radical (unpaired) electrons. The molecule has 0 bridgehead atoms. The van der Waals surface area contributed by atoms with Gasteiger partial charge in [-0.05, 0) is 72.3 Å². The highest BCUT2D eigenvalue weighted by molar-refractivity contribution is 9.10. The summed E-state index contributed by atoms with van der Waals surface area (Å²) in [5, 5.41) is 1.32. The third-order valence-electron chi connectivity index (χ3n) is 5.97. The molecule has 2 heterocycles. The smallest absolute Gasteiger partial charge is 0.293 e. The zero-order valence-electron chi connectivity index (χ0n) is 19.4. The maximum absolute atomic E-state index is 13.1. The average molecular weight is 582 g/mol. The van der Waals surface area contributed by atoms with Gasteiger partial charge in [0.25, 0.3) is 11.1 Å². The summed E-state index contributed by atoms with van der Waals surface area (Å²) in [6, 6.07) is 21.1. The van der Waals surface area contributed by atoms with Crippen molar-refractivity contribution in [2.45, 2.75) is 20.0 Å². The van der Waals surface area contributed by atoms with Gasteiger partial charge in [-0.15, -0.1) is 0 Å². The van der Waals surface area contributed by atoms with E-state index in [4.69, 9.17) is 16.3 Å². The van der Waals surface area contributed by atoms with Crippen LogP contribution in [0.3, 0.4) is 0 Å². The van der Waals surface area contributed by atoms with Gasteiger partial charge in [0.1, 0.15) is 12.4 Å². The molecule has 5 nitrogen and oxygen atoms in total. The highest BCUT2D eigenvalue weighted by Gasteiger charge is 2.35. The maximum atomic E-state index is 13.1. The second-order valence-corrected chi connectivity index (χ2v) is 10.8. The molecule has 1 aromatic heterocycles. The zero-order valence-corrected chi connectivity index (χ0v) is 22.6. The number of hydrogen-bond donors (Lipinski definition) is 0. The molecule has 2 amide bonds.